The monoisotopic (exact) mass is 585 g/mol. The van der Waals surface area contributed by atoms with Gasteiger partial charge in [0.2, 0.25) is 21.8 Å². The third-order valence-corrected chi connectivity index (χ3v) is 7.48. The first-order valence-electron chi connectivity index (χ1n) is 13.0. The van der Waals surface area contributed by atoms with Crippen LogP contribution in [0.15, 0.2) is 72.8 Å². The Hall–Kier alpha value is -4.12. The lowest BCUT2D eigenvalue weighted by Gasteiger charge is -2.34. The number of sulfonamides is 1. The summed E-state index contributed by atoms with van der Waals surface area (Å²) >= 11 is 0. The minimum absolute atomic E-state index is 0.134. The van der Waals surface area contributed by atoms with Gasteiger partial charge in [0.15, 0.2) is 11.5 Å². The Morgan fingerprint density at radius 2 is 1.56 bits per heavy atom. The highest BCUT2D eigenvalue weighted by molar-refractivity contribution is 7.92. The van der Waals surface area contributed by atoms with Crippen molar-refractivity contribution in [3.05, 3.63) is 89.7 Å². The number of nitrogens with one attached hydrogen (secondary N) is 1. The van der Waals surface area contributed by atoms with Gasteiger partial charge in [-0.1, -0.05) is 48.5 Å². The zero-order chi connectivity index (χ0) is 30.2. The highest BCUT2D eigenvalue weighted by Crippen LogP contribution is 2.32. The molecule has 220 valence electrons. The number of carbonyl (C=O) groups is 2. The summed E-state index contributed by atoms with van der Waals surface area (Å²) in [6, 6.07) is 18.3. The van der Waals surface area contributed by atoms with Crippen LogP contribution in [-0.2, 0) is 32.6 Å². The number of hydrogen-bond donors (Lipinski definition) is 1. The fourth-order valence-corrected chi connectivity index (χ4v) is 5.18. The minimum Gasteiger partial charge on any atom is -0.493 e. The van der Waals surface area contributed by atoms with Gasteiger partial charge in [0, 0.05) is 30.6 Å². The molecule has 9 nitrogen and oxygen atoms in total. The highest BCUT2D eigenvalue weighted by Gasteiger charge is 2.34. The summed E-state index contributed by atoms with van der Waals surface area (Å²) < 4.78 is 52.2. The number of benzene rings is 3. The molecular weight excluding hydrogens is 549 g/mol. The molecule has 11 heteroatoms. The summed E-state index contributed by atoms with van der Waals surface area (Å²) in [5.41, 5.74) is 1.13. The van der Waals surface area contributed by atoms with Gasteiger partial charge in [0.1, 0.15) is 18.4 Å². The van der Waals surface area contributed by atoms with Gasteiger partial charge in [-0.25, -0.2) is 12.8 Å². The average Bonchev–Trinajstić information content (AvgIpc) is 2.93. The molecule has 1 atom stereocenters. The van der Waals surface area contributed by atoms with Crippen molar-refractivity contribution in [2.24, 2.45) is 0 Å². The second-order valence-electron chi connectivity index (χ2n) is 9.79. The quantitative estimate of drug-likeness (QED) is 0.328. The number of halogens is 1. The standard InChI is InChI=1S/C30H36FN3O6S/c1-21(2)32-30(36)26(17-22-11-7-6-8-12-22)33(19-23-13-9-10-14-25(23)31)29(35)20-34(41(5,37)38)24-15-16-27(39-3)28(18-24)40-4/h6-16,18,21,26H,17,19-20H2,1-5H3,(H,32,36)/t26-/m1/s1. The van der Waals surface area contributed by atoms with Crippen molar-refractivity contribution < 1.29 is 31.9 Å². The van der Waals surface area contributed by atoms with Crippen LogP contribution in [0.4, 0.5) is 10.1 Å². The first-order chi connectivity index (χ1) is 19.4. The second-order valence-corrected chi connectivity index (χ2v) is 11.7. The van der Waals surface area contributed by atoms with Crippen molar-refractivity contribution in [1.82, 2.24) is 10.2 Å². The minimum atomic E-state index is -3.98. The molecule has 0 radical (unpaired) electrons. The maximum atomic E-state index is 14.8. The molecule has 0 saturated carbocycles. The molecule has 1 N–H and O–H groups in total. The summed E-state index contributed by atoms with van der Waals surface area (Å²) in [4.78, 5) is 28.8. The van der Waals surface area contributed by atoms with E-state index < -0.39 is 40.2 Å². The van der Waals surface area contributed by atoms with Gasteiger partial charge in [-0.3, -0.25) is 13.9 Å². The van der Waals surface area contributed by atoms with E-state index in [2.05, 4.69) is 5.32 Å². The van der Waals surface area contributed by atoms with E-state index in [1.54, 1.807) is 19.9 Å². The lowest BCUT2D eigenvalue weighted by Crippen LogP contribution is -2.54. The van der Waals surface area contributed by atoms with Gasteiger partial charge >= 0.3 is 0 Å². The summed E-state index contributed by atoms with van der Waals surface area (Å²) in [5.74, 6) is -1.02. The molecule has 3 aromatic carbocycles. The van der Waals surface area contributed by atoms with Crippen LogP contribution in [0.2, 0.25) is 0 Å². The molecule has 0 aliphatic rings. The van der Waals surface area contributed by atoms with Crippen molar-refractivity contribution >= 4 is 27.5 Å². The molecule has 0 aliphatic heterocycles. The molecular formula is C30H36FN3O6S. The van der Waals surface area contributed by atoms with E-state index in [9.17, 15) is 22.4 Å². The van der Waals surface area contributed by atoms with Crippen LogP contribution in [0.3, 0.4) is 0 Å². The second kappa shape index (κ2) is 14.0. The number of carbonyl (C=O) groups excluding carboxylic acids is 2. The van der Waals surface area contributed by atoms with Crippen LogP contribution in [0.25, 0.3) is 0 Å². The van der Waals surface area contributed by atoms with Crippen molar-refractivity contribution in [2.45, 2.75) is 38.9 Å². The third-order valence-electron chi connectivity index (χ3n) is 6.33. The Kier molecular flexibility index (Phi) is 10.7. The maximum Gasteiger partial charge on any atom is 0.244 e. The van der Waals surface area contributed by atoms with Crippen molar-refractivity contribution in [2.75, 3.05) is 31.3 Å². The number of amides is 2. The van der Waals surface area contributed by atoms with Crippen LogP contribution < -0.4 is 19.1 Å². The predicted octanol–water partition coefficient (Wildman–Crippen LogP) is 3.77. The fraction of sp³-hybridized carbons (Fsp3) is 0.333. The molecule has 0 aliphatic carbocycles. The third kappa shape index (κ3) is 8.43. The van der Waals surface area contributed by atoms with Crippen LogP contribution in [0.5, 0.6) is 11.5 Å². The van der Waals surface area contributed by atoms with Crippen LogP contribution in [0, 0.1) is 5.82 Å². The lowest BCUT2D eigenvalue weighted by atomic mass is 10.0. The molecule has 0 saturated heterocycles. The van der Waals surface area contributed by atoms with Crippen LogP contribution in [-0.4, -0.2) is 64.2 Å². The maximum absolute atomic E-state index is 14.8. The number of anilines is 1. The SMILES string of the molecule is COc1ccc(N(CC(=O)N(Cc2ccccc2F)[C@H](Cc2ccccc2)C(=O)NC(C)C)S(C)(=O)=O)cc1OC. The number of methoxy groups -OCH3 is 2. The fourth-order valence-electron chi connectivity index (χ4n) is 4.34. The first-order valence-corrected chi connectivity index (χ1v) is 14.9. The summed E-state index contributed by atoms with van der Waals surface area (Å²) in [7, 11) is -1.12. The molecule has 0 unspecified atom stereocenters. The Morgan fingerprint density at radius 3 is 2.15 bits per heavy atom. The molecule has 3 rings (SSSR count). The van der Waals surface area contributed by atoms with E-state index in [-0.39, 0.29) is 36.0 Å². The highest BCUT2D eigenvalue weighted by atomic mass is 32.2. The van der Waals surface area contributed by atoms with Crippen molar-refractivity contribution in [3.63, 3.8) is 0 Å². The van der Waals surface area contributed by atoms with Gasteiger partial charge in [-0.2, -0.15) is 0 Å². The molecule has 0 fully saturated rings. The number of hydrogen-bond acceptors (Lipinski definition) is 6. The molecule has 41 heavy (non-hydrogen) atoms. The molecule has 0 heterocycles. The smallest absolute Gasteiger partial charge is 0.244 e. The van der Waals surface area contributed by atoms with Crippen LogP contribution >= 0.6 is 0 Å². The Labute approximate surface area is 240 Å². The lowest BCUT2D eigenvalue weighted by molar-refractivity contribution is -0.140. The zero-order valence-electron chi connectivity index (χ0n) is 23.8. The van der Waals surface area contributed by atoms with E-state index in [1.165, 1.54) is 55.5 Å². The topological polar surface area (TPSA) is 105 Å². The van der Waals surface area contributed by atoms with Gasteiger partial charge in [0.25, 0.3) is 0 Å². The van der Waals surface area contributed by atoms with E-state index in [0.29, 0.717) is 5.75 Å². The van der Waals surface area contributed by atoms with Gasteiger partial charge in [0.05, 0.1) is 26.2 Å². The van der Waals surface area contributed by atoms with E-state index >= 15 is 0 Å². The number of ether oxygens (including phenoxy) is 2. The van der Waals surface area contributed by atoms with Crippen molar-refractivity contribution in [1.29, 1.82) is 0 Å². The predicted molar refractivity (Wildman–Crippen MR) is 156 cm³/mol. The summed E-state index contributed by atoms with van der Waals surface area (Å²) in [6.07, 6.45) is 1.11. The first kappa shape index (κ1) is 31.4. The average molecular weight is 586 g/mol. The van der Waals surface area contributed by atoms with Gasteiger partial charge in [-0.05, 0) is 37.6 Å². The molecule has 0 aromatic heterocycles. The molecule has 3 aromatic rings. The van der Waals surface area contributed by atoms with Crippen LogP contribution in [0.1, 0.15) is 25.0 Å². The van der Waals surface area contributed by atoms with Crippen molar-refractivity contribution in [3.8, 4) is 11.5 Å². The zero-order valence-corrected chi connectivity index (χ0v) is 24.7. The van der Waals surface area contributed by atoms with E-state index in [4.69, 9.17) is 9.47 Å². The van der Waals surface area contributed by atoms with Gasteiger partial charge < -0.3 is 19.7 Å². The summed E-state index contributed by atoms with van der Waals surface area (Å²) in [5, 5.41) is 2.85. The normalized spacial score (nSPS) is 12.0. The molecule has 0 spiro atoms. The number of nitrogens with zero attached hydrogens (tertiary/aromatic N) is 2. The Balaban J connectivity index is 2.09. The van der Waals surface area contributed by atoms with E-state index in [0.717, 1.165) is 16.1 Å². The Morgan fingerprint density at radius 1 is 0.927 bits per heavy atom. The molecule has 0 bridgehead atoms. The van der Waals surface area contributed by atoms with E-state index in [1.807, 2.05) is 30.3 Å². The number of rotatable bonds is 13. The molecule has 2 amide bonds. The van der Waals surface area contributed by atoms with Gasteiger partial charge in [-0.15, -0.1) is 0 Å². The summed E-state index contributed by atoms with van der Waals surface area (Å²) in [6.45, 7) is 2.70. The largest absolute Gasteiger partial charge is 0.493 e. The Bertz CT molecular complexity index is 1450.